The van der Waals surface area contributed by atoms with E-state index in [1.165, 1.54) is 17.1 Å². The van der Waals surface area contributed by atoms with Crippen LogP contribution in [0.4, 0.5) is 14.9 Å². The Morgan fingerprint density at radius 2 is 1.91 bits per heavy atom. The van der Waals surface area contributed by atoms with Crippen LogP contribution < -0.4 is 10.9 Å². The number of nitrogens with zero attached hydrogens (tertiary/aromatic N) is 6. The van der Waals surface area contributed by atoms with Crippen molar-refractivity contribution in [2.75, 3.05) is 38.9 Å². The van der Waals surface area contributed by atoms with E-state index in [0.29, 0.717) is 65.0 Å². The van der Waals surface area contributed by atoms with E-state index in [-0.39, 0.29) is 24.5 Å². The maximum atomic E-state index is 15.3. The molecule has 13 nitrogen and oxygen atoms in total. The molecule has 6 rings (SSSR count). The van der Waals surface area contributed by atoms with Gasteiger partial charge in [-0.25, -0.2) is 9.78 Å². The van der Waals surface area contributed by atoms with Crippen molar-refractivity contribution in [2.45, 2.75) is 18.9 Å². The van der Waals surface area contributed by atoms with Gasteiger partial charge in [0.25, 0.3) is 5.56 Å². The Kier molecular flexibility index (Phi) is 8.96. The Labute approximate surface area is 260 Å². The normalized spacial score (nSPS) is 14.0. The number of aromatic amines is 1. The van der Waals surface area contributed by atoms with Gasteiger partial charge in [-0.3, -0.25) is 10.1 Å². The standard InChI is InChI=1S/C30H28ClFN8O5/c1-43-10-11-44-12-13-45-30(42)34-21-5-2-18(3-6-21)29-35-27(28(32)36-29)25-9-7-22-14-19(15-26(41)40(22)25)23-16-20(31)4-8-24(23)39-17-33-37-38-39/h2-6,8,14-17,25H,7,9-13H2,1H3,(H,34,42)(H,35,36)/t25-/m0/s1. The van der Waals surface area contributed by atoms with Crippen LogP contribution in [-0.4, -0.2) is 74.4 Å². The van der Waals surface area contributed by atoms with Gasteiger partial charge in [0.1, 0.15) is 18.8 Å². The maximum absolute atomic E-state index is 15.3. The molecule has 0 saturated carbocycles. The van der Waals surface area contributed by atoms with Gasteiger partial charge < -0.3 is 23.8 Å². The van der Waals surface area contributed by atoms with Crippen LogP contribution in [0, 0.1) is 5.95 Å². The number of carbonyl (C=O) groups is 1. The first kappa shape index (κ1) is 30.1. The van der Waals surface area contributed by atoms with E-state index in [0.717, 1.165) is 5.69 Å². The highest BCUT2D eigenvalue weighted by molar-refractivity contribution is 6.31. The highest BCUT2D eigenvalue weighted by Gasteiger charge is 2.30. The molecule has 1 aliphatic rings. The number of ether oxygens (including phenoxy) is 3. The van der Waals surface area contributed by atoms with Crippen molar-refractivity contribution >= 4 is 23.4 Å². The number of anilines is 1. The van der Waals surface area contributed by atoms with Crippen LogP contribution in [0.3, 0.4) is 0 Å². The van der Waals surface area contributed by atoms with E-state index in [9.17, 15) is 9.59 Å². The van der Waals surface area contributed by atoms with Gasteiger partial charge in [0.05, 0.1) is 37.2 Å². The minimum atomic E-state index is -0.687. The van der Waals surface area contributed by atoms with Gasteiger partial charge in [-0.15, -0.1) is 5.10 Å². The molecule has 3 aromatic heterocycles. The predicted molar refractivity (Wildman–Crippen MR) is 162 cm³/mol. The number of rotatable bonds is 11. The summed E-state index contributed by atoms with van der Waals surface area (Å²) in [6.07, 6.45) is 1.90. The summed E-state index contributed by atoms with van der Waals surface area (Å²) in [5.41, 5.74) is 3.78. The number of pyridine rings is 1. The number of aryl methyl sites for hydroxylation is 1. The summed E-state index contributed by atoms with van der Waals surface area (Å²) in [5, 5.41) is 14.5. The molecule has 0 spiro atoms. The maximum Gasteiger partial charge on any atom is 0.411 e. The van der Waals surface area contributed by atoms with Crippen LogP contribution in [0.25, 0.3) is 28.2 Å². The number of nitrogens with one attached hydrogen (secondary N) is 2. The molecule has 2 aromatic carbocycles. The predicted octanol–water partition coefficient (Wildman–Crippen LogP) is 4.42. The van der Waals surface area contributed by atoms with E-state index in [1.54, 1.807) is 54.1 Å². The summed E-state index contributed by atoms with van der Waals surface area (Å²) in [5.74, 6) is -0.388. The Morgan fingerprint density at radius 3 is 2.69 bits per heavy atom. The van der Waals surface area contributed by atoms with Crippen molar-refractivity contribution < 1.29 is 23.4 Å². The highest BCUT2D eigenvalue weighted by atomic mass is 35.5. The van der Waals surface area contributed by atoms with Gasteiger partial charge in [-0.2, -0.15) is 9.07 Å². The average molecular weight is 635 g/mol. The second-order valence-electron chi connectivity index (χ2n) is 10.1. The molecule has 1 aliphatic heterocycles. The summed E-state index contributed by atoms with van der Waals surface area (Å²) in [6, 6.07) is 14.8. The van der Waals surface area contributed by atoms with Gasteiger partial charge in [-0.05, 0) is 77.4 Å². The van der Waals surface area contributed by atoms with Crippen molar-refractivity contribution in [3.63, 3.8) is 0 Å². The number of hydrogen-bond acceptors (Lipinski definition) is 9. The highest BCUT2D eigenvalue weighted by Crippen LogP contribution is 2.35. The van der Waals surface area contributed by atoms with Crippen LogP contribution >= 0.6 is 11.6 Å². The number of H-pyrrole nitrogens is 1. The van der Waals surface area contributed by atoms with Gasteiger partial charge in [-0.1, -0.05) is 11.6 Å². The van der Waals surface area contributed by atoms with Crippen LogP contribution in [-0.2, 0) is 20.6 Å². The molecule has 0 unspecified atom stereocenters. The molecule has 0 saturated heterocycles. The average Bonchev–Trinajstić information content (AvgIpc) is 3.80. The number of tetrazole rings is 1. The Hall–Kier alpha value is -4.92. The van der Waals surface area contributed by atoms with Crippen molar-refractivity contribution in [3.8, 4) is 28.2 Å². The summed E-state index contributed by atoms with van der Waals surface area (Å²) in [7, 11) is 1.58. The van der Waals surface area contributed by atoms with Gasteiger partial charge >= 0.3 is 6.09 Å². The van der Waals surface area contributed by atoms with E-state index < -0.39 is 18.1 Å². The van der Waals surface area contributed by atoms with Crippen LogP contribution in [0.1, 0.15) is 23.9 Å². The summed E-state index contributed by atoms with van der Waals surface area (Å²) in [4.78, 5) is 32.7. The van der Waals surface area contributed by atoms with E-state index in [2.05, 4.69) is 30.8 Å². The minimum absolute atomic E-state index is 0.0964. The Balaban J connectivity index is 1.17. The topological polar surface area (TPSA) is 151 Å². The lowest BCUT2D eigenvalue weighted by molar-refractivity contribution is 0.0447. The molecule has 232 valence electrons. The third kappa shape index (κ3) is 6.62. The first-order valence-electron chi connectivity index (χ1n) is 14.1. The first-order chi connectivity index (χ1) is 21.9. The fraction of sp³-hybridized carbons (Fsp3) is 0.267. The molecule has 0 fully saturated rings. The summed E-state index contributed by atoms with van der Waals surface area (Å²) < 4.78 is 33.6. The second kappa shape index (κ2) is 13.4. The van der Waals surface area contributed by atoms with Gasteiger partial charge in [0, 0.05) is 40.7 Å². The number of aromatic nitrogens is 7. The molecule has 15 heteroatoms. The largest absolute Gasteiger partial charge is 0.447 e. The first-order valence-corrected chi connectivity index (χ1v) is 14.4. The third-order valence-electron chi connectivity index (χ3n) is 7.31. The molecule has 2 N–H and O–H groups in total. The number of amides is 1. The molecule has 4 heterocycles. The molecule has 1 atom stereocenters. The van der Waals surface area contributed by atoms with Crippen LogP contribution in [0.2, 0.25) is 5.02 Å². The number of methoxy groups -OCH3 is 1. The van der Waals surface area contributed by atoms with Crippen LogP contribution in [0.15, 0.2) is 65.7 Å². The lowest BCUT2D eigenvalue weighted by Gasteiger charge is -2.15. The van der Waals surface area contributed by atoms with Gasteiger partial charge in [0.15, 0.2) is 0 Å². The number of carbonyl (C=O) groups excluding carboxylic acids is 1. The molecule has 1 amide bonds. The Bertz CT molecular complexity index is 1860. The molecule has 0 bridgehead atoms. The molecular weight excluding hydrogens is 607 g/mol. The smallest absolute Gasteiger partial charge is 0.411 e. The molecule has 0 radical (unpaired) electrons. The fourth-order valence-corrected chi connectivity index (χ4v) is 5.43. The molecule has 5 aromatic rings. The lowest BCUT2D eigenvalue weighted by atomic mass is 10.0. The molecule has 45 heavy (non-hydrogen) atoms. The fourth-order valence-electron chi connectivity index (χ4n) is 5.26. The molecular formula is C30H28ClFN8O5. The summed E-state index contributed by atoms with van der Waals surface area (Å²) >= 11 is 6.30. The van der Waals surface area contributed by atoms with Crippen LogP contribution in [0.5, 0.6) is 0 Å². The number of fused-ring (bicyclic) bond motifs is 1. The SMILES string of the molecule is COCCOCCOC(=O)Nc1ccc(-c2nc(F)c([C@@H]3CCc4cc(-c5cc(Cl)ccc5-n5cnnn5)cc(=O)n43)[nH]2)cc1. The number of halogens is 2. The van der Waals surface area contributed by atoms with E-state index in [1.807, 2.05) is 6.07 Å². The van der Waals surface area contributed by atoms with E-state index in [4.69, 9.17) is 25.8 Å². The van der Waals surface area contributed by atoms with E-state index >= 15 is 4.39 Å². The minimum Gasteiger partial charge on any atom is -0.447 e. The lowest BCUT2D eigenvalue weighted by Crippen LogP contribution is -2.24. The van der Waals surface area contributed by atoms with Crippen molar-refractivity contribution in [1.82, 2.24) is 34.7 Å². The van der Waals surface area contributed by atoms with Crippen molar-refractivity contribution in [3.05, 3.63) is 93.6 Å². The monoisotopic (exact) mass is 634 g/mol. The zero-order valence-corrected chi connectivity index (χ0v) is 24.8. The zero-order chi connectivity index (χ0) is 31.3. The Morgan fingerprint density at radius 1 is 1.09 bits per heavy atom. The number of hydrogen-bond donors (Lipinski definition) is 2. The summed E-state index contributed by atoms with van der Waals surface area (Å²) in [6.45, 7) is 1.23. The number of benzene rings is 2. The quantitative estimate of drug-likeness (QED) is 0.201. The molecule has 0 aliphatic carbocycles. The number of imidazole rings is 1. The van der Waals surface area contributed by atoms with Crippen molar-refractivity contribution in [1.29, 1.82) is 0 Å². The van der Waals surface area contributed by atoms with Crippen molar-refractivity contribution in [2.24, 2.45) is 0 Å². The van der Waals surface area contributed by atoms with Gasteiger partial charge in [0.2, 0.25) is 5.95 Å². The third-order valence-corrected chi connectivity index (χ3v) is 7.55. The zero-order valence-electron chi connectivity index (χ0n) is 24.1. The second-order valence-corrected chi connectivity index (χ2v) is 10.6.